The first-order valence-corrected chi connectivity index (χ1v) is 6.30. The van der Waals surface area contributed by atoms with E-state index in [1.165, 1.54) is 0 Å². The van der Waals surface area contributed by atoms with Crippen LogP contribution in [0.4, 0.5) is 0 Å². The maximum atomic E-state index is 5.64. The number of ether oxygens (including phenoxy) is 2. The maximum absolute atomic E-state index is 5.64. The summed E-state index contributed by atoms with van der Waals surface area (Å²) in [5, 5.41) is 0.956. The minimum absolute atomic E-state index is 0.515. The molecule has 0 aliphatic rings. The van der Waals surface area contributed by atoms with Gasteiger partial charge in [0.15, 0.2) is 0 Å². The van der Waals surface area contributed by atoms with Crippen LogP contribution in [0, 0.1) is 5.92 Å². The fraction of sp³-hybridized carbons (Fsp3) is 0.500. The third-order valence-corrected chi connectivity index (χ3v) is 3.02. The highest BCUT2D eigenvalue weighted by Crippen LogP contribution is 2.19. The molecule has 1 unspecified atom stereocenters. The third-order valence-electron chi connectivity index (χ3n) is 1.91. The lowest BCUT2D eigenvalue weighted by molar-refractivity contribution is 0.271. The molecule has 1 rings (SSSR count). The van der Waals surface area contributed by atoms with E-state index in [4.69, 9.17) is 9.47 Å². The molecule has 0 amide bonds. The first kappa shape index (κ1) is 12.4. The van der Waals surface area contributed by atoms with Crippen molar-refractivity contribution in [2.24, 2.45) is 5.92 Å². The summed E-state index contributed by atoms with van der Waals surface area (Å²) < 4.78 is 11.0. The average molecular weight is 273 g/mol. The molecule has 1 aromatic carbocycles. The molecule has 1 aromatic rings. The number of hydrogen-bond acceptors (Lipinski definition) is 2. The highest BCUT2D eigenvalue weighted by Gasteiger charge is 2.01. The van der Waals surface area contributed by atoms with E-state index in [0.29, 0.717) is 12.5 Å². The largest absolute Gasteiger partial charge is 0.494 e. The predicted octanol–water partition coefficient (Wildman–Crippen LogP) is 3.50. The molecule has 0 aromatic heterocycles. The van der Waals surface area contributed by atoms with Gasteiger partial charge in [-0.05, 0) is 25.0 Å². The van der Waals surface area contributed by atoms with Gasteiger partial charge in [-0.3, -0.25) is 0 Å². The number of benzene rings is 1. The van der Waals surface area contributed by atoms with Gasteiger partial charge in [-0.25, -0.2) is 0 Å². The van der Waals surface area contributed by atoms with E-state index in [0.717, 1.165) is 23.4 Å². The van der Waals surface area contributed by atoms with Crippen molar-refractivity contribution in [2.45, 2.75) is 13.8 Å². The van der Waals surface area contributed by atoms with Crippen molar-refractivity contribution < 1.29 is 9.47 Å². The van der Waals surface area contributed by atoms with Crippen molar-refractivity contribution in [3.63, 3.8) is 0 Å². The zero-order chi connectivity index (χ0) is 11.1. The van der Waals surface area contributed by atoms with Gasteiger partial charge in [-0.2, -0.15) is 0 Å². The van der Waals surface area contributed by atoms with Gasteiger partial charge in [0.1, 0.15) is 11.5 Å². The Bertz CT molecular complexity index is 289. The van der Waals surface area contributed by atoms with Crippen LogP contribution in [0.1, 0.15) is 13.8 Å². The van der Waals surface area contributed by atoms with E-state index in [2.05, 4.69) is 22.9 Å². The van der Waals surface area contributed by atoms with Crippen LogP contribution >= 0.6 is 15.9 Å². The minimum atomic E-state index is 0.515. The van der Waals surface area contributed by atoms with Crippen molar-refractivity contribution >= 4 is 15.9 Å². The Morgan fingerprint density at radius 1 is 1.27 bits per heavy atom. The van der Waals surface area contributed by atoms with E-state index in [1.807, 2.05) is 31.2 Å². The first-order valence-electron chi connectivity index (χ1n) is 5.18. The molecule has 0 spiro atoms. The molecule has 2 nitrogen and oxygen atoms in total. The van der Waals surface area contributed by atoms with Crippen molar-refractivity contribution in [3.05, 3.63) is 24.3 Å². The molecule has 0 aliphatic carbocycles. The topological polar surface area (TPSA) is 18.5 Å². The van der Waals surface area contributed by atoms with Crippen LogP contribution in [0.3, 0.4) is 0 Å². The van der Waals surface area contributed by atoms with E-state index in [9.17, 15) is 0 Å². The monoisotopic (exact) mass is 272 g/mol. The Hall–Kier alpha value is -0.700. The zero-order valence-electron chi connectivity index (χ0n) is 9.20. The molecule has 0 bridgehead atoms. The maximum Gasteiger partial charge on any atom is 0.122 e. The Labute approximate surface area is 99.7 Å². The first-order chi connectivity index (χ1) is 7.26. The van der Waals surface area contributed by atoms with Gasteiger partial charge in [0, 0.05) is 11.4 Å². The highest BCUT2D eigenvalue weighted by molar-refractivity contribution is 9.09. The van der Waals surface area contributed by atoms with E-state index < -0.39 is 0 Å². The second-order valence-electron chi connectivity index (χ2n) is 3.48. The molecule has 84 valence electrons. The van der Waals surface area contributed by atoms with Gasteiger partial charge in [0.05, 0.1) is 13.2 Å². The van der Waals surface area contributed by atoms with Gasteiger partial charge in [-0.1, -0.05) is 28.9 Å². The lowest BCUT2D eigenvalue weighted by Gasteiger charge is -2.11. The summed E-state index contributed by atoms with van der Waals surface area (Å²) in [4.78, 5) is 0. The lowest BCUT2D eigenvalue weighted by atomic mass is 10.2. The number of rotatable bonds is 6. The van der Waals surface area contributed by atoms with Gasteiger partial charge in [0.25, 0.3) is 0 Å². The Balaban J connectivity index is 2.50. The van der Waals surface area contributed by atoms with Crippen LogP contribution < -0.4 is 9.47 Å². The van der Waals surface area contributed by atoms with Gasteiger partial charge < -0.3 is 9.47 Å². The Morgan fingerprint density at radius 3 is 2.53 bits per heavy atom. The molecular weight excluding hydrogens is 256 g/mol. The van der Waals surface area contributed by atoms with Gasteiger partial charge in [0.2, 0.25) is 0 Å². The minimum Gasteiger partial charge on any atom is -0.494 e. The highest BCUT2D eigenvalue weighted by atomic mass is 79.9. The molecule has 1 atom stereocenters. The van der Waals surface area contributed by atoms with E-state index >= 15 is 0 Å². The van der Waals surface area contributed by atoms with Crippen LogP contribution in [0.2, 0.25) is 0 Å². The molecular formula is C12H17BrO2. The molecule has 0 aliphatic heterocycles. The summed E-state index contributed by atoms with van der Waals surface area (Å²) in [5.41, 5.74) is 0. The van der Waals surface area contributed by atoms with Crippen LogP contribution in [0.25, 0.3) is 0 Å². The van der Waals surface area contributed by atoms with Crippen molar-refractivity contribution in [3.8, 4) is 11.5 Å². The summed E-state index contributed by atoms with van der Waals surface area (Å²) in [6.07, 6.45) is 0. The second-order valence-corrected chi connectivity index (χ2v) is 4.13. The summed E-state index contributed by atoms with van der Waals surface area (Å²) in [7, 11) is 0. The van der Waals surface area contributed by atoms with Crippen molar-refractivity contribution in [1.82, 2.24) is 0 Å². The number of halogens is 1. The Morgan fingerprint density at radius 2 is 1.93 bits per heavy atom. The summed E-state index contributed by atoms with van der Waals surface area (Å²) >= 11 is 3.42. The molecule has 0 saturated carbocycles. The van der Waals surface area contributed by atoms with Crippen LogP contribution in [-0.2, 0) is 0 Å². The molecule has 0 radical (unpaired) electrons. The van der Waals surface area contributed by atoms with Crippen molar-refractivity contribution in [1.29, 1.82) is 0 Å². The van der Waals surface area contributed by atoms with Crippen LogP contribution in [0.5, 0.6) is 11.5 Å². The SMILES string of the molecule is CCOc1cccc(OCC(C)CBr)c1. The molecule has 15 heavy (non-hydrogen) atoms. The van der Waals surface area contributed by atoms with Gasteiger partial charge in [-0.15, -0.1) is 0 Å². The summed E-state index contributed by atoms with van der Waals surface area (Å²) in [6, 6.07) is 7.75. The molecule has 0 saturated heterocycles. The van der Waals surface area contributed by atoms with Crippen LogP contribution in [0.15, 0.2) is 24.3 Å². The lowest BCUT2D eigenvalue weighted by Crippen LogP contribution is -2.09. The van der Waals surface area contributed by atoms with E-state index in [-0.39, 0.29) is 0 Å². The zero-order valence-corrected chi connectivity index (χ0v) is 10.8. The van der Waals surface area contributed by atoms with E-state index in [1.54, 1.807) is 0 Å². The smallest absolute Gasteiger partial charge is 0.122 e. The molecule has 0 N–H and O–H groups in total. The molecule has 3 heteroatoms. The molecule has 0 heterocycles. The second kappa shape index (κ2) is 6.72. The average Bonchev–Trinajstić information content (AvgIpc) is 2.27. The number of alkyl halides is 1. The Kier molecular flexibility index (Phi) is 5.54. The predicted molar refractivity (Wildman–Crippen MR) is 66.1 cm³/mol. The normalized spacial score (nSPS) is 12.2. The summed E-state index contributed by atoms with van der Waals surface area (Å²) in [5.74, 6) is 2.25. The van der Waals surface area contributed by atoms with Crippen molar-refractivity contribution in [2.75, 3.05) is 18.5 Å². The molecule has 0 fully saturated rings. The fourth-order valence-electron chi connectivity index (χ4n) is 1.10. The summed E-state index contributed by atoms with van der Waals surface area (Å²) in [6.45, 7) is 5.52. The fourth-order valence-corrected chi connectivity index (χ4v) is 1.29. The van der Waals surface area contributed by atoms with Gasteiger partial charge >= 0.3 is 0 Å². The third kappa shape index (κ3) is 4.56. The number of hydrogen-bond donors (Lipinski definition) is 0. The quantitative estimate of drug-likeness (QED) is 0.738. The van der Waals surface area contributed by atoms with Crippen LogP contribution in [-0.4, -0.2) is 18.5 Å². The standard InChI is InChI=1S/C12H17BrO2/c1-3-14-11-5-4-6-12(7-11)15-9-10(2)8-13/h4-7,10H,3,8-9H2,1-2H3.